The molecular formula is C37H56FN3O6. The number of para-hydroxylation sites is 1. The second-order valence-electron chi connectivity index (χ2n) is 13.0. The molecule has 2 aromatic carbocycles. The number of aliphatic hydroxyl groups is 2. The smallest absolute Gasteiger partial charge is 0.317 e. The second kappa shape index (κ2) is 19.8. The Bertz CT molecular complexity index is 1390. The number of carbonyl (C=O) groups is 2. The summed E-state index contributed by atoms with van der Waals surface area (Å²) in [5.41, 5.74) is 0.942. The van der Waals surface area contributed by atoms with Gasteiger partial charge in [0.15, 0.2) is 0 Å². The van der Waals surface area contributed by atoms with Crippen molar-refractivity contribution in [2.75, 3.05) is 13.7 Å². The van der Waals surface area contributed by atoms with Crippen LogP contribution >= 0.6 is 0 Å². The van der Waals surface area contributed by atoms with E-state index in [0.717, 1.165) is 36.6 Å². The lowest BCUT2D eigenvalue weighted by Crippen LogP contribution is -2.45. The normalized spacial score (nSPS) is 11.8. The molecule has 3 rings (SSSR count). The zero-order chi connectivity index (χ0) is 35.8. The number of hydrogen-bond acceptors (Lipinski definition) is 7. The van der Waals surface area contributed by atoms with E-state index in [0.29, 0.717) is 23.1 Å². The highest BCUT2D eigenvalue weighted by molar-refractivity contribution is 5.83. The highest BCUT2D eigenvalue weighted by Gasteiger charge is 2.22. The average Bonchev–Trinajstić information content (AvgIpc) is 3.01. The molecule has 1 heterocycles. The van der Waals surface area contributed by atoms with Gasteiger partial charge >= 0.3 is 12.0 Å². The molecule has 0 saturated heterocycles. The van der Waals surface area contributed by atoms with E-state index in [-0.39, 0.29) is 43.2 Å². The maximum atomic E-state index is 13.5. The molecule has 47 heavy (non-hydrogen) atoms. The number of nitrogens with zero attached hydrogens (tertiary/aromatic N) is 2. The highest BCUT2D eigenvalue weighted by Crippen LogP contribution is 2.21. The first-order valence-corrected chi connectivity index (χ1v) is 16.3. The fourth-order valence-corrected chi connectivity index (χ4v) is 3.79. The molecule has 1 atom stereocenters. The SMILES string of the molecule is CCC(C)(C)O.CCC(C)(C)O.CCCCC(COC(=O)Cc1cc2cc(F)ccc2cn1)N(C)C(=O)NCc1cccc(C)c1O. The van der Waals surface area contributed by atoms with Crippen molar-refractivity contribution in [1.29, 1.82) is 0 Å². The Hall–Kier alpha value is -3.76. The minimum atomic E-state index is -0.465. The number of halogens is 1. The van der Waals surface area contributed by atoms with Crippen molar-refractivity contribution in [1.82, 2.24) is 15.2 Å². The van der Waals surface area contributed by atoms with Crippen LogP contribution in [0.4, 0.5) is 9.18 Å². The van der Waals surface area contributed by atoms with Gasteiger partial charge in [-0.25, -0.2) is 9.18 Å². The van der Waals surface area contributed by atoms with Gasteiger partial charge in [-0.2, -0.15) is 0 Å². The summed E-state index contributed by atoms with van der Waals surface area (Å²) in [4.78, 5) is 31.0. The predicted molar refractivity (Wildman–Crippen MR) is 186 cm³/mol. The lowest BCUT2D eigenvalue weighted by atomic mass is 10.1. The fraction of sp³-hybridized carbons (Fsp3) is 0.541. The Morgan fingerprint density at radius 3 is 2.19 bits per heavy atom. The van der Waals surface area contributed by atoms with E-state index in [1.165, 1.54) is 17.0 Å². The summed E-state index contributed by atoms with van der Waals surface area (Å²) in [5, 5.41) is 32.1. The number of phenols is 1. The highest BCUT2D eigenvalue weighted by atomic mass is 19.1. The molecule has 1 unspecified atom stereocenters. The number of likely N-dealkylation sites (N-methyl/N-ethyl adjacent to an activating group) is 1. The predicted octanol–water partition coefficient (Wildman–Crippen LogP) is 7.21. The Morgan fingerprint density at radius 1 is 1.00 bits per heavy atom. The number of aromatic nitrogens is 1. The second-order valence-corrected chi connectivity index (χ2v) is 13.0. The summed E-state index contributed by atoms with van der Waals surface area (Å²) in [6.45, 7) is 15.2. The van der Waals surface area contributed by atoms with Gasteiger partial charge < -0.3 is 30.3 Å². The third-order valence-corrected chi connectivity index (χ3v) is 7.74. The van der Waals surface area contributed by atoms with Crippen LogP contribution in [0.5, 0.6) is 5.75 Å². The van der Waals surface area contributed by atoms with Crippen molar-refractivity contribution >= 4 is 22.8 Å². The van der Waals surface area contributed by atoms with Crippen molar-refractivity contribution in [2.45, 2.75) is 118 Å². The van der Waals surface area contributed by atoms with Crippen LogP contribution < -0.4 is 5.32 Å². The van der Waals surface area contributed by atoms with E-state index in [1.807, 2.05) is 19.9 Å². The molecular weight excluding hydrogens is 601 g/mol. The van der Waals surface area contributed by atoms with Gasteiger partial charge in [-0.15, -0.1) is 0 Å². The van der Waals surface area contributed by atoms with Crippen molar-refractivity contribution < 1.29 is 34.0 Å². The van der Waals surface area contributed by atoms with Crippen LogP contribution in [0.1, 0.15) is 97.4 Å². The number of unbranched alkanes of at least 4 members (excludes halogenated alkanes) is 1. The molecule has 0 fully saturated rings. The number of ether oxygens (including phenoxy) is 1. The van der Waals surface area contributed by atoms with Gasteiger partial charge in [0, 0.05) is 30.7 Å². The molecule has 2 amide bonds. The van der Waals surface area contributed by atoms with Gasteiger partial charge in [-0.1, -0.05) is 51.8 Å². The van der Waals surface area contributed by atoms with E-state index in [9.17, 15) is 19.1 Å². The molecule has 0 bridgehead atoms. The molecule has 0 spiro atoms. The Morgan fingerprint density at radius 2 is 1.62 bits per heavy atom. The summed E-state index contributed by atoms with van der Waals surface area (Å²) in [5.74, 6) is -0.653. The summed E-state index contributed by atoms with van der Waals surface area (Å²) in [7, 11) is 1.67. The molecule has 262 valence electrons. The van der Waals surface area contributed by atoms with Gasteiger partial charge in [-0.05, 0) is 89.1 Å². The van der Waals surface area contributed by atoms with Crippen molar-refractivity contribution in [2.24, 2.45) is 0 Å². The fourth-order valence-electron chi connectivity index (χ4n) is 3.79. The lowest BCUT2D eigenvalue weighted by molar-refractivity contribution is -0.144. The molecule has 0 aliphatic rings. The number of urea groups is 1. The first kappa shape index (κ1) is 41.3. The van der Waals surface area contributed by atoms with Crippen LogP contribution in [0.25, 0.3) is 10.8 Å². The molecule has 1 aromatic heterocycles. The van der Waals surface area contributed by atoms with Crippen LogP contribution in [0.3, 0.4) is 0 Å². The number of pyridine rings is 1. The number of amides is 2. The molecule has 0 aliphatic heterocycles. The number of aryl methyl sites for hydroxylation is 1. The van der Waals surface area contributed by atoms with Crippen LogP contribution in [-0.2, 0) is 22.5 Å². The third-order valence-electron chi connectivity index (χ3n) is 7.74. The molecule has 0 saturated carbocycles. The van der Waals surface area contributed by atoms with Gasteiger partial charge in [0.1, 0.15) is 18.2 Å². The number of nitrogens with one attached hydrogen (secondary N) is 1. The van der Waals surface area contributed by atoms with Gasteiger partial charge in [0.2, 0.25) is 0 Å². The summed E-state index contributed by atoms with van der Waals surface area (Å²) >= 11 is 0. The van der Waals surface area contributed by atoms with E-state index in [1.54, 1.807) is 72.1 Å². The molecule has 0 radical (unpaired) electrons. The van der Waals surface area contributed by atoms with E-state index in [2.05, 4.69) is 17.2 Å². The number of hydrogen-bond donors (Lipinski definition) is 4. The minimum absolute atomic E-state index is 0.0461. The van der Waals surface area contributed by atoms with Crippen LogP contribution in [0.15, 0.2) is 48.7 Å². The maximum Gasteiger partial charge on any atom is 0.317 e. The number of carbonyl (C=O) groups excluding carboxylic acids is 2. The van der Waals surface area contributed by atoms with E-state index >= 15 is 0 Å². The quantitative estimate of drug-likeness (QED) is 0.151. The van der Waals surface area contributed by atoms with Gasteiger partial charge in [0.05, 0.1) is 29.4 Å². The number of fused-ring (bicyclic) bond motifs is 1. The van der Waals surface area contributed by atoms with Crippen LogP contribution in [-0.4, -0.2) is 68.1 Å². The monoisotopic (exact) mass is 657 g/mol. The molecule has 9 nitrogen and oxygen atoms in total. The molecule has 10 heteroatoms. The molecule has 0 aliphatic carbocycles. The summed E-state index contributed by atoms with van der Waals surface area (Å²) < 4.78 is 19.0. The summed E-state index contributed by atoms with van der Waals surface area (Å²) in [6, 6.07) is 10.8. The number of benzene rings is 2. The molecule has 3 aromatic rings. The molecule has 4 N–H and O–H groups in total. The first-order valence-electron chi connectivity index (χ1n) is 16.3. The van der Waals surface area contributed by atoms with Gasteiger partial charge in [-0.3, -0.25) is 9.78 Å². The average molecular weight is 658 g/mol. The largest absolute Gasteiger partial charge is 0.507 e. The van der Waals surface area contributed by atoms with Crippen molar-refractivity contribution in [3.63, 3.8) is 0 Å². The number of phenolic OH excluding ortho intramolecular Hbond substituents is 1. The van der Waals surface area contributed by atoms with E-state index < -0.39 is 17.2 Å². The Kier molecular flexibility index (Phi) is 17.4. The third kappa shape index (κ3) is 16.6. The Balaban J connectivity index is 0.000000782. The van der Waals surface area contributed by atoms with Crippen LogP contribution in [0, 0.1) is 12.7 Å². The minimum Gasteiger partial charge on any atom is -0.507 e. The zero-order valence-electron chi connectivity index (χ0n) is 29.7. The first-order chi connectivity index (χ1) is 21.9. The zero-order valence-corrected chi connectivity index (χ0v) is 29.7. The number of esters is 1. The van der Waals surface area contributed by atoms with Crippen molar-refractivity contribution in [3.8, 4) is 5.75 Å². The standard InChI is InChI=1S/C27H32FN3O4.2C5H12O/c1-4-5-9-24(31(3)27(34)30-16-20-8-6-7-18(2)26(20)33)17-35-25(32)14-23-13-21-12-22(28)11-10-19(21)15-29-23;2*1-4-5(2,3)6/h6-8,10-13,15,24,33H,4-5,9,14,16-17H2,1-3H3,(H,30,34);2*6H,4H2,1-3H3. The topological polar surface area (TPSA) is 132 Å². The number of aromatic hydroxyl groups is 1. The number of rotatable bonds is 12. The van der Waals surface area contributed by atoms with Crippen LogP contribution in [0.2, 0.25) is 0 Å². The Labute approximate surface area is 280 Å². The van der Waals surface area contributed by atoms with E-state index in [4.69, 9.17) is 14.9 Å². The van der Waals surface area contributed by atoms with Gasteiger partial charge in [0.25, 0.3) is 0 Å². The van der Waals surface area contributed by atoms with Crippen molar-refractivity contribution in [3.05, 3.63) is 71.3 Å². The lowest BCUT2D eigenvalue weighted by Gasteiger charge is -2.28. The summed E-state index contributed by atoms with van der Waals surface area (Å²) in [6.07, 6.45) is 5.70. The maximum absolute atomic E-state index is 13.5.